The molecule has 2 heteroatoms. The van der Waals surface area contributed by atoms with Crippen molar-refractivity contribution in [2.24, 2.45) is 34.5 Å². The lowest BCUT2D eigenvalue weighted by atomic mass is 9.45. The topological polar surface area (TPSA) is 12.5 Å². The number of nitrogens with zero attached hydrogens (tertiary/aromatic N) is 1. The zero-order valence-electron chi connectivity index (χ0n) is 19.2. The highest BCUT2D eigenvalue weighted by Gasteiger charge is 2.61. The van der Waals surface area contributed by atoms with Gasteiger partial charge in [-0.2, -0.15) is 0 Å². The minimum atomic E-state index is 0.297. The minimum Gasteiger partial charge on any atom is -0.265 e. The largest absolute Gasteiger partial charge is 0.265 e. The average Bonchev–Trinajstić information content (AvgIpc) is 3.06. The number of aryl methyl sites for hydroxylation is 1. The second-order valence-electron chi connectivity index (χ2n) is 11.7. The molecule has 0 unspecified atom stereocenters. The molecule has 1 aliphatic heterocycles. The molecule has 30 heavy (non-hydrogen) atoms. The van der Waals surface area contributed by atoms with Crippen LogP contribution < -0.4 is 5.06 Å². The molecular weight excluding hydrogens is 366 g/mol. The van der Waals surface area contributed by atoms with E-state index >= 15 is 0 Å². The van der Waals surface area contributed by atoms with Gasteiger partial charge in [0.25, 0.3) is 0 Å². The molecule has 0 bridgehead atoms. The number of hydroxylamine groups is 1. The van der Waals surface area contributed by atoms with Crippen molar-refractivity contribution in [3.63, 3.8) is 0 Å². The van der Waals surface area contributed by atoms with Gasteiger partial charge in [0, 0.05) is 0 Å². The van der Waals surface area contributed by atoms with Crippen LogP contribution in [0.25, 0.3) is 0 Å². The van der Waals surface area contributed by atoms with Crippen LogP contribution in [0.15, 0.2) is 35.9 Å². The first-order chi connectivity index (χ1) is 14.5. The van der Waals surface area contributed by atoms with Crippen molar-refractivity contribution in [3.05, 3.63) is 41.5 Å². The van der Waals surface area contributed by atoms with Crippen molar-refractivity contribution < 1.29 is 4.84 Å². The van der Waals surface area contributed by atoms with Crippen LogP contribution in [0, 0.1) is 41.4 Å². The van der Waals surface area contributed by atoms with Crippen LogP contribution in [0.3, 0.4) is 0 Å². The van der Waals surface area contributed by atoms with E-state index in [4.69, 9.17) is 4.84 Å². The fourth-order valence-corrected chi connectivity index (χ4v) is 8.85. The van der Waals surface area contributed by atoms with Gasteiger partial charge in [-0.3, -0.25) is 4.84 Å². The lowest BCUT2D eigenvalue weighted by Crippen LogP contribution is -2.52. The SMILES string of the molecule is Cc1ccc(N2CC=C3[C@@H](C[C@H]4[C@@H]5CC[C@H]6CCCC[C@]6(C)[C@H]5CC[C@]34C)O2)cc1. The molecule has 4 fully saturated rings. The molecule has 0 saturated heterocycles. The summed E-state index contributed by atoms with van der Waals surface area (Å²) in [6.45, 7) is 8.33. The predicted molar refractivity (Wildman–Crippen MR) is 123 cm³/mol. The number of anilines is 1. The zero-order valence-corrected chi connectivity index (χ0v) is 19.2. The van der Waals surface area contributed by atoms with E-state index in [0.29, 0.717) is 16.9 Å². The molecule has 0 amide bonds. The number of fused-ring (bicyclic) bond motifs is 7. The van der Waals surface area contributed by atoms with Crippen LogP contribution in [0.1, 0.15) is 77.2 Å². The Balaban J connectivity index is 1.27. The molecule has 6 rings (SSSR count). The smallest absolute Gasteiger partial charge is 0.108 e. The van der Waals surface area contributed by atoms with E-state index in [9.17, 15) is 0 Å². The van der Waals surface area contributed by atoms with Crippen LogP contribution in [0.5, 0.6) is 0 Å². The van der Waals surface area contributed by atoms with E-state index in [2.05, 4.69) is 56.2 Å². The Kier molecular flexibility index (Phi) is 4.44. The van der Waals surface area contributed by atoms with Crippen LogP contribution in [0.4, 0.5) is 5.69 Å². The molecule has 4 saturated carbocycles. The standard InChI is InChI=1S/C28H39NO/c1-19-7-10-21(11-8-19)29-17-14-24-26(30-29)18-25-22-12-9-20-6-4-5-15-27(20,2)23(22)13-16-28(24,25)3/h7-8,10-11,14,20,22-23,25-26H,4-6,9,12-13,15-18H2,1-3H3/t20-,22-,23+,25+,26-,27+,28-/m1/s1. The summed E-state index contributed by atoms with van der Waals surface area (Å²) in [4.78, 5) is 6.67. The van der Waals surface area contributed by atoms with E-state index < -0.39 is 0 Å². The van der Waals surface area contributed by atoms with Gasteiger partial charge >= 0.3 is 0 Å². The molecule has 7 atom stereocenters. The number of rotatable bonds is 1. The second kappa shape index (κ2) is 6.86. The average molecular weight is 406 g/mol. The lowest BCUT2D eigenvalue weighted by molar-refractivity contribution is -0.0981. The summed E-state index contributed by atoms with van der Waals surface area (Å²) in [5.41, 5.74) is 5.15. The van der Waals surface area contributed by atoms with E-state index in [-0.39, 0.29) is 0 Å². The maximum Gasteiger partial charge on any atom is 0.108 e. The number of benzene rings is 1. The van der Waals surface area contributed by atoms with Crippen LogP contribution in [-0.4, -0.2) is 12.6 Å². The second-order valence-corrected chi connectivity index (χ2v) is 11.7. The molecule has 162 valence electrons. The molecule has 4 aliphatic carbocycles. The normalized spacial score (nSPS) is 45.1. The molecular formula is C28H39NO. The van der Waals surface area contributed by atoms with Crippen LogP contribution >= 0.6 is 0 Å². The highest BCUT2D eigenvalue weighted by molar-refractivity contribution is 5.47. The molecule has 0 N–H and O–H groups in total. The van der Waals surface area contributed by atoms with Crippen molar-refractivity contribution in [2.75, 3.05) is 11.6 Å². The molecule has 0 aromatic heterocycles. The van der Waals surface area contributed by atoms with Gasteiger partial charge in [0.2, 0.25) is 0 Å². The first kappa shape index (κ1) is 19.4. The third-order valence-electron chi connectivity index (χ3n) is 10.5. The highest BCUT2D eigenvalue weighted by Crippen LogP contribution is 2.67. The van der Waals surface area contributed by atoms with Gasteiger partial charge in [0.05, 0.1) is 12.2 Å². The Morgan fingerprint density at radius 2 is 1.77 bits per heavy atom. The van der Waals surface area contributed by atoms with Gasteiger partial charge in [-0.1, -0.05) is 50.5 Å². The fraction of sp³-hybridized carbons (Fsp3) is 0.714. The molecule has 1 heterocycles. The summed E-state index contributed by atoms with van der Waals surface area (Å²) in [6.07, 6.45) is 15.8. The van der Waals surface area contributed by atoms with Crippen molar-refractivity contribution in [2.45, 2.75) is 84.7 Å². The summed E-state index contributed by atoms with van der Waals surface area (Å²) in [7, 11) is 0. The number of hydrogen-bond donors (Lipinski definition) is 0. The van der Waals surface area contributed by atoms with Crippen molar-refractivity contribution in [1.29, 1.82) is 0 Å². The third kappa shape index (κ3) is 2.71. The van der Waals surface area contributed by atoms with E-state index in [1.165, 1.54) is 69.0 Å². The highest BCUT2D eigenvalue weighted by atomic mass is 16.7. The van der Waals surface area contributed by atoms with Crippen molar-refractivity contribution >= 4 is 5.69 Å². The van der Waals surface area contributed by atoms with E-state index in [1.807, 2.05) is 0 Å². The van der Waals surface area contributed by atoms with Crippen molar-refractivity contribution in [3.8, 4) is 0 Å². The number of hydrogen-bond acceptors (Lipinski definition) is 2. The Hall–Kier alpha value is -1.28. The molecule has 2 nitrogen and oxygen atoms in total. The summed E-state index contributed by atoms with van der Waals surface area (Å²) < 4.78 is 0. The lowest BCUT2D eigenvalue weighted by Gasteiger charge is -2.60. The Labute approximate surface area is 183 Å². The van der Waals surface area contributed by atoms with Gasteiger partial charge in [0.15, 0.2) is 0 Å². The third-order valence-corrected chi connectivity index (χ3v) is 10.5. The fourth-order valence-electron chi connectivity index (χ4n) is 8.85. The Bertz CT molecular complexity index is 843. The minimum absolute atomic E-state index is 0.297. The van der Waals surface area contributed by atoms with Gasteiger partial charge < -0.3 is 0 Å². The maximum absolute atomic E-state index is 6.67. The van der Waals surface area contributed by atoms with Gasteiger partial charge in [-0.05, 0) is 104 Å². The summed E-state index contributed by atoms with van der Waals surface area (Å²) in [5.74, 6) is 3.72. The molecule has 1 aromatic carbocycles. The summed E-state index contributed by atoms with van der Waals surface area (Å²) in [5, 5.41) is 2.14. The zero-order chi connectivity index (χ0) is 20.5. The first-order valence-electron chi connectivity index (χ1n) is 12.7. The quantitative estimate of drug-likeness (QED) is 0.463. The predicted octanol–water partition coefficient (Wildman–Crippen LogP) is 7.08. The van der Waals surface area contributed by atoms with E-state index in [0.717, 1.165) is 30.2 Å². The maximum atomic E-state index is 6.67. The van der Waals surface area contributed by atoms with Crippen LogP contribution in [0.2, 0.25) is 0 Å². The summed E-state index contributed by atoms with van der Waals surface area (Å²) >= 11 is 0. The van der Waals surface area contributed by atoms with Crippen LogP contribution in [-0.2, 0) is 4.84 Å². The van der Waals surface area contributed by atoms with Gasteiger partial charge in [0.1, 0.15) is 6.10 Å². The van der Waals surface area contributed by atoms with E-state index in [1.54, 1.807) is 5.57 Å². The van der Waals surface area contributed by atoms with Gasteiger partial charge in [-0.15, -0.1) is 0 Å². The van der Waals surface area contributed by atoms with Crippen molar-refractivity contribution in [1.82, 2.24) is 0 Å². The molecule has 1 aromatic rings. The summed E-state index contributed by atoms with van der Waals surface area (Å²) in [6, 6.07) is 8.81. The Morgan fingerprint density at radius 3 is 2.60 bits per heavy atom. The first-order valence-corrected chi connectivity index (χ1v) is 12.7. The molecule has 5 aliphatic rings. The monoisotopic (exact) mass is 405 g/mol. The Morgan fingerprint density at radius 1 is 0.933 bits per heavy atom. The molecule has 0 radical (unpaired) electrons. The molecule has 0 spiro atoms. The van der Waals surface area contributed by atoms with Gasteiger partial charge in [-0.25, -0.2) is 5.06 Å².